The molecule has 0 aliphatic rings. The van der Waals surface area contributed by atoms with Crippen LogP contribution in [0.15, 0.2) is 48.8 Å². The van der Waals surface area contributed by atoms with Crippen LogP contribution in [0.4, 0.5) is 0 Å². The van der Waals surface area contributed by atoms with Crippen LogP contribution in [0.1, 0.15) is 21.5 Å². The molecule has 0 saturated heterocycles. The average Bonchev–Trinajstić information content (AvgIpc) is 3.28. The fraction of sp³-hybridized carbons (Fsp3) is 0.158. The van der Waals surface area contributed by atoms with Gasteiger partial charge in [0.2, 0.25) is 4.96 Å². The largest absolute Gasteiger partial charge is 0.496 e. The van der Waals surface area contributed by atoms with Crippen molar-refractivity contribution < 1.29 is 9.53 Å². The predicted molar refractivity (Wildman–Crippen MR) is 103 cm³/mol. The Bertz CT molecular complexity index is 1070. The van der Waals surface area contributed by atoms with E-state index in [9.17, 15) is 4.79 Å². The van der Waals surface area contributed by atoms with Crippen molar-refractivity contribution in [1.29, 1.82) is 0 Å². The lowest BCUT2D eigenvalue weighted by atomic mass is 10.1. The van der Waals surface area contributed by atoms with Crippen LogP contribution in [0.2, 0.25) is 0 Å². The third kappa shape index (κ3) is 3.39. The summed E-state index contributed by atoms with van der Waals surface area (Å²) in [4.78, 5) is 13.3. The molecule has 1 N–H and O–H groups in total. The van der Waals surface area contributed by atoms with Crippen molar-refractivity contribution in [2.75, 3.05) is 7.11 Å². The number of rotatable bonds is 5. The van der Waals surface area contributed by atoms with E-state index in [1.165, 1.54) is 11.3 Å². The topological polar surface area (TPSA) is 81.4 Å². The highest BCUT2D eigenvalue weighted by molar-refractivity contribution is 7.19. The highest BCUT2D eigenvalue weighted by Gasteiger charge is 2.13. The molecule has 7 nitrogen and oxygen atoms in total. The number of para-hydroxylation sites is 1. The molecule has 4 aromatic rings. The minimum absolute atomic E-state index is 0.159. The van der Waals surface area contributed by atoms with E-state index in [-0.39, 0.29) is 5.91 Å². The maximum absolute atomic E-state index is 12.5. The maximum Gasteiger partial charge on any atom is 0.255 e. The number of methoxy groups -OCH3 is 1. The number of carbonyl (C=O) groups is 1. The highest BCUT2D eigenvalue weighted by Crippen LogP contribution is 2.25. The van der Waals surface area contributed by atoms with Gasteiger partial charge < -0.3 is 10.1 Å². The summed E-state index contributed by atoms with van der Waals surface area (Å²) in [6.45, 7) is 2.35. The summed E-state index contributed by atoms with van der Waals surface area (Å²) in [6.07, 6.45) is 1.58. The van der Waals surface area contributed by atoms with Gasteiger partial charge in [0, 0.05) is 12.1 Å². The molecular formula is C19H17N5O2S. The molecule has 136 valence electrons. The summed E-state index contributed by atoms with van der Waals surface area (Å²) in [6, 6.07) is 13.5. The molecule has 0 bridgehead atoms. The summed E-state index contributed by atoms with van der Waals surface area (Å²) >= 11 is 1.48. The molecule has 0 aliphatic carbocycles. The maximum atomic E-state index is 12.5. The SMILES string of the molecule is COc1c(C)cccc1C(=O)NCc1ccc(-c2nn3cnnc3s2)cc1. The minimum Gasteiger partial charge on any atom is -0.496 e. The van der Waals surface area contributed by atoms with Crippen LogP contribution in [-0.4, -0.2) is 32.8 Å². The Hall–Kier alpha value is -3.26. The lowest BCUT2D eigenvalue weighted by Crippen LogP contribution is -2.23. The number of aryl methyl sites for hydroxylation is 1. The normalized spacial score (nSPS) is 10.9. The van der Waals surface area contributed by atoms with Gasteiger partial charge in [0.15, 0.2) is 0 Å². The number of hydrogen-bond acceptors (Lipinski definition) is 6. The van der Waals surface area contributed by atoms with E-state index in [2.05, 4.69) is 20.6 Å². The molecule has 27 heavy (non-hydrogen) atoms. The first-order chi connectivity index (χ1) is 13.2. The van der Waals surface area contributed by atoms with Crippen molar-refractivity contribution in [2.45, 2.75) is 13.5 Å². The summed E-state index contributed by atoms with van der Waals surface area (Å²) in [5.74, 6) is 0.446. The molecule has 2 aromatic heterocycles. The molecule has 0 fully saturated rings. The summed E-state index contributed by atoms with van der Waals surface area (Å²) in [5.41, 5.74) is 3.47. The monoisotopic (exact) mass is 379 g/mol. The van der Waals surface area contributed by atoms with Gasteiger partial charge >= 0.3 is 0 Å². The zero-order valence-electron chi connectivity index (χ0n) is 14.8. The first-order valence-corrected chi connectivity index (χ1v) is 9.15. The lowest BCUT2D eigenvalue weighted by Gasteiger charge is -2.11. The number of nitrogens with zero attached hydrogens (tertiary/aromatic N) is 4. The Morgan fingerprint density at radius 2 is 2.04 bits per heavy atom. The van der Waals surface area contributed by atoms with Gasteiger partial charge in [-0.1, -0.05) is 47.7 Å². The number of carbonyl (C=O) groups excluding carboxylic acids is 1. The van der Waals surface area contributed by atoms with Crippen LogP contribution in [0, 0.1) is 6.92 Å². The molecule has 8 heteroatoms. The molecule has 0 saturated carbocycles. The number of hydrogen-bond donors (Lipinski definition) is 1. The summed E-state index contributed by atoms with van der Waals surface area (Å²) in [5, 5.41) is 16.1. The number of nitrogens with one attached hydrogen (secondary N) is 1. The fourth-order valence-corrected chi connectivity index (χ4v) is 3.65. The van der Waals surface area contributed by atoms with Crippen LogP contribution in [0.3, 0.4) is 0 Å². The predicted octanol–water partition coefficient (Wildman–Crippen LogP) is 3.10. The van der Waals surface area contributed by atoms with Crippen molar-refractivity contribution in [3.05, 3.63) is 65.5 Å². The molecule has 2 aromatic carbocycles. The minimum atomic E-state index is -0.159. The van der Waals surface area contributed by atoms with E-state index < -0.39 is 0 Å². The zero-order chi connectivity index (χ0) is 18.8. The molecule has 2 heterocycles. The van der Waals surface area contributed by atoms with E-state index in [0.717, 1.165) is 26.7 Å². The molecule has 4 rings (SSSR count). The van der Waals surface area contributed by atoms with Gasteiger partial charge in [-0.2, -0.15) is 9.61 Å². The van der Waals surface area contributed by atoms with E-state index in [4.69, 9.17) is 4.74 Å². The third-order valence-corrected chi connectivity index (χ3v) is 5.16. The second-order valence-corrected chi connectivity index (χ2v) is 6.96. The second-order valence-electron chi connectivity index (χ2n) is 6.00. The fourth-order valence-electron chi connectivity index (χ4n) is 2.82. The number of benzene rings is 2. The molecule has 0 unspecified atom stereocenters. The van der Waals surface area contributed by atoms with Gasteiger partial charge in [-0.05, 0) is 24.1 Å². The van der Waals surface area contributed by atoms with Gasteiger partial charge in [0.25, 0.3) is 5.91 Å². The number of fused-ring (bicyclic) bond motifs is 1. The molecule has 1 amide bonds. The van der Waals surface area contributed by atoms with E-state index in [1.54, 1.807) is 24.0 Å². The zero-order valence-corrected chi connectivity index (χ0v) is 15.7. The number of ether oxygens (including phenoxy) is 1. The van der Waals surface area contributed by atoms with Gasteiger partial charge in [-0.3, -0.25) is 4.79 Å². The van der Waals surface area contributed by atoms with Crippen molar-refractivity contribution in [1.82, 2.24) is 25.1 Å². The van der Waals surface area contributed by atoms with Crippen LogP contribution in [0.5, 0.6) is 5.75 Å². The van der Waals surface area contributed by atoms with Gasteiger partial charge in [0.05, 0.1) is 12.7 Å². The van der Waals surface area contributed by atoms with Crippen LogP contribution >= 0.6 is 11.3 Å². The van der Waals surface area contributed by atoms with Crippen molar-refractivity contribution >= 4 is 22.2 Å². The van der Waals surface area contributed by atoms with Gasteiger partial charge in [0.1, 0.15) is 17.1 Å². The van der Waals surface area contributed by atoms with Gasteiger partial charge in [-0.15, -0.1) is 10.2 Å². The van der Waals surface area contributed by atoms with E-state index in [1.807, 2.05) is 43.3 Å². The van der Waals surface area contributed by atoms with Crippen molar-refractivity contribution in [3.8, 4) is 16.3 Å². The highest BCUT2D eigenvalue weighted by atomic mass is 32.1. The first-order valence-electron chi connectivity index (χ1n) is 8.33. The van der Waals surface area contributed by atoms with Crippen molar-refractivity contribution in [2.24, 2.45) is 0 Å². The Kier molecular flexibility index (Phi) is 4.55. The van der Waals surface area contributed by atoms with E-state index >= 15 is 0 Å². The van der Waals surface area contributed by atoms with Crippen LogP contribution < -0.4 is 10.1 Å². The van der Waals surface area contributed by atoms with Crippen LogP contribution in [-0.2, 0) is 6.54 Å². The Balaban J connectivity index is 1.45. The average molecular weight is 379 g/mol. The molecule has 0 radical (unpaired) electrons. The molecular weight excluding hydrogens is 362 g/mol. The standard InChI is InChI=1S/C19H17N5O2S/c1-12-4-3-5-15(16(12)26-2)17(25)20-10-13-6-8-14(9-7-13)18-23-24-11-21-22-19(24)27-18/h3-9,11H,10H2,1-2H3,(H,20,25). The summed E-state index contributed by atoms with van der Waals surface area (Å²) < 4.78 is 7.01. The molecule has 0 atom stereocenters. The number of amides is 1. The smallest absolute Gasteiger partial charge is 0.255 e. The Morgan fingerprint density at radius 3 is 2.78 bits per heavy atom. The second kappa shape index (κ2) is 7.16. The molecule has 0 spiro atoms. The first kappa shape index (κ1) is 17.2. The van der Waals surface area contributed by atoms with E-state index in [0.29, 0.717) is 17.9 Å². The lowest BCUT2D eigenvalue weighted by molar-refractivity contribution is 0.0947. The molecule has 0 aliphatic heterocycles. The quantitative estimate of drug-likeness (QED) is 0.576. The summed E-state index contributed by atoms with van der Waals surface area (Å²) in [7, 11) is 1.57. The van der Waals surface area contributed by atoms with Crippen molar-refractivity contribution in [3.63, 3.8) is 0 Å². The Morgan fingerprint density at radius 1 is 1.22 bits per heavy atom. The third-order valence-electron chi connectivity index (χ3n) is 4.20. The van der Waals surface area contributed by atoms with Crippen LogP contribution in [0.25, 0.3) is 15.5 Å². The number of aromatic nitrogens is 4. The van der Waals surface area contributed by atoms with Gasteiger partial charge in [-0.25, -0.2) is 0 Å². The Labute approximate surface area is 159 Å².